The molecule has 2 N–H and O–H groups in total. The summed E-state index contributed by atoms with van der Waals surface area (Å²) in [5.74, 6) is -0.967. The van der Waals surface area contributed by atoms with Crippen LogP contribution in [0.15, 0.2) is 24.3 Å². The van der Waals surface area contributed by atoms with Crippen molar-refractivity contribution >= 4 is 28.7 Å². The molecule has 0 unspecified atom stereocenters. The Balaban J connectivity index is 1.71. The smallest absolute Gasteiger partial charge is 0.410 e. The molecular formula is C19H25N3O4. The number of fused-ring (bicyclic) bond motifs is 1. The number of benzene rings is 1. The minimum absolute atomic E-state index is 0.184. The number of nitrogens with zero attached hydrogens (tertiary/aromatic N) is 2. The summed E-state index contributed by atoms with van der Waals surface area (Å²) in [6.07, 6.45) is 0.580. The first-order chi connectivity index (χ1) is 12.2. The number of nitrogens with one attached hydrogen (secondary N) is 1. The second kappa shape index (κ2) is 6.90. The normalized spacial score (nSPS) is 15.8. The number of anilines is 1. The molecule has 0 saturated carbocycles. The quantitative estimate of drug-likeness (QED) is 0.859. The predicted octanol–water partition coefficient (Wildman–Crippen LogP) is 3.31. The average molecular weight is 359 g/mol. The van der Waals surface area contributed by atoms with Crippen LogP contribution >= 0.6 is 0 Å². The van der Waals surface area contributed by atoms with Crippen LogP contribution in [0.25, 0.3) is 10.9 Å². The molecule has 26 heavy (non-hydrogen) atoms. The summed E-state index contributed by atoms with van der Waals surface area (Å²) in [4.78, 5) is 30.3. The molecule has 1 aromatic heterocycles. The van der Waals surface area contributed by atoms with Gasteiger partial charge in [0.15, 0.2) is 0 Å². The number of aromatic carboxylic acids is 1. The fraction of sp³-hybridized carbons (Fsp3) is 0.474. The first-order valence-corrected chi connectivity index (χ1v) is 8.82. The van der Waals surface area contributed by atoms with Crippen LogP contribution in [0.3, 0.4) is 0 Å². The summed E-state index contributed by atoms with van der Waals surface area (Å²) in [5, 5.41) is 9.98. The van der Waals surface area contributed by atoms with Gasteiger partial charge in [-0.1, -0.05) is 0 Å². The van der Waals surface area contributed by atoms with Gasteiger partial charge in [0.2, 0.25) is 0 Å². The van der Waals surface area contributed by atoms with Crippen molar-refractivity contribution in [1.82, 2.24) is 9.88 Å². The topological polar surface area (TPSA) is 85.9 Å². The van der Waals surface area contributed by atoms with Crippen molar-refractivity contribution in [1.29, 1.82) is 0 Å². The highest BCUT2D eigenvalue weighted by atomic mass is 16.6. The third kappa shape index (κ3) is 4.09. The van der Waals surface area contributed by atoms with Gasteiger partial charge in [-0.2, -0.15) is 0 Å². The number of hydrogen-bond acceptors (Lipinski definition) is 4. The maximum absolute atomic E-state index is 12.3. The third-order valence-electron chi connectivity index (χ3n) is 4.35. The number of carbonyl (C=O) groups is 2. The third-order valence-corrected chi connectivity index (χ3v) is 4.35. The summed E-state index contributed by atoms with van der Waals surface area (Å²) >= 11 is 0. The molecule has 1 aromatic carbocycles. The van der Waals surface area contributed by atoms with Gasteiger partial charge in [0.1, 0.15) is 11.3 Å². The van der Waals surface area contributed by atoms with Crippen molar-refractivity contribution in [2.75, 3.05) is 31.1 Å². The molecule has 0 spiro atoms. The minimum Gasteiger partial charge on any atom is -0.477 e. The number of ether oxygens (including phenoxy) is 1. The number of H-pyrrole nitrogens is 1. The monoisotopic (exact) mass is 359 g/mol. The van der Waals surface area contributed by atoms with Gasteiger partial charge in [0.05, 0.1) is 0 Å². The lowest BCUT2D eigenvalue weighted by molar-refractivity contribution is 0.0263. The number of aromatic amines is 1. The van der Waals surface area contributed by atoms with Crippen LogP contribution < -0.4 is 4.90 Å². The average Bonchev–Trinajstić information content (AvgIpc) is 2.81. The molecule has 7 nitrogen and oxygen atoms in total. The number of carbonyl (C=O) groups excluding carboxylic acids is 1. The molecule has 7 heteroatoms. The van der Waals surface area contributed by atoms with E-state index in [0.717, 1.165) is 29.6 Å². The van der Waals surface area contributed by atoms with Crippen LogP contribution in [0.5, 0.6) is 0 Å². The van der Waals surface area contributed by atoms with E-state index in [4.69, 9.17) is 9.84 Å². The number of carboxylic acid groups (broad SMARTS) is 1. The summed E-state index contributed by atoms with van der Waals surface area (Å²) in [5.41, 5.74) is 1.52. The molecule has 2 aromatic rings. The minimum atomic E-state index is -0.967. The lowest BCUT2D eigenvalue weighted by atomic mass is 10.2. The van der Waals surface area contributed by atoms with E-state index < -0.39 is 11.6 Å². The predicted molar refractivity (Wildman–Crippen MR) is 99.9 cm³/mol. The van der Waals surface area contributed by atoms with Gasteiger partial charge >= 0.3 is 12.1 Å². The van der Waals surface area contributed by atoms with E-state index in [1.165, 1.54) is 0 Å². The molecule has 0 atom stereocenters. The largest absolute Gasteiger partial charge is 0.477 e. The van der Waals surface area contributed by atoms with E-state index in [1.54, 1.807) is 11.0 Å². The standard InChI is InChI=1S/C19H25N3O4/c1-19(2,3)26-18(25)22-8-4-7-21(9-10-22)14-5-6-15-13(11-14)12-16(20-15)17(23)24/h5-6,11-12,20H,4,7-10H2,1-3H3,(H,23,24). The maximum Gasteiger partial charge on any atom is 0.410 e. The lowest BCUT2D eigenvalue weighted by Gasteiger charge is -2.27. The van der Waals surface area contributed by atoms with Crippen LogP contribution in [0.2, 0.25) is 0 Å². The second-order valence-corrected chi connectivity index (χ2v) is 7.57. The second-order valence-electron chi connectivity index (χ2n) is 7.57. The lowest BCUT2D eigenvalue weighted by Crippen LogP contribution is -2.39. The van der Waals surface area contributed by atoms with E-state index in [2.05, 4.69) is 9.88 Å². The molecule has 0 aliphatic carbocycles. The Hall–Kier alpha value is -2.70. The van der Waals surface area contributed by atoms with Gasteiger partial charge in [-0.05, 0) is 51.5 Å². The summed E-state index contributed by atoms with van der Waals surface area (Å²) in [7, 11) is 0. The fourth-order valence-corrected chi connectivity index (χ4v) is 3.12. The molecule has 1 fully saturated rings. The molecule has 1 saturated heterocycles. The zero-order chi connectivity index (χ0) is 18.9. The zero-order valence-electron chi connectivity index (χ0n) is 15.4. The van der Waals surface area contributed by atoms with Crippen LogP contribution in [0.4, 0.5) is 10.5 Å². The van der Waals surface area contributed by atoms with E-state index in [0.29, 0.717) is 19.6 Å². The van der Waals surface area contributed by atoms with E-state index in [-0.39, 0.29) is 11.8 Å². The highest BCUT2D eigenvalue weighted by Crippen LogP contribution is 2.24. The van der Waals surface area contributed by atoms with E-state index in [1.807, 2.05) is 39.0 Å². The number of hydrogen-bond donors (Lipinski definition) is 2. The van der Waals surface area contributed by atoms with Crippen molar-refractivity contribution < 1.29 is 19.4 Å². The van der Waals surface area contributed by atoms with Gasteiger partial charge in [-0.3, -0.25) is 0 Å². The van der Waals surface area contributed by atoms with Crippen molar-refractivity contribution in [2.45, 2.75) is 32.8 Å². The molecule has 2 heterocycles. The Labute approximate surface area is 152 Å². The summed E-state index contributed by atoms with van der Waals surface area (Å²) in [6, 6.07) is 7.51. The first kappa shape index (κ1) is 18.1. The van der Waals surface area contributed by atoms with Crippen molar-refractivity contribution in [2.24, 2.45) is 0 Å². The molecule has 1 amide bonds. The molecule has 0 radical (unpaired) electrons. The maximum atomic E-state index is 12.3. The number of rotatable bonds is 2. The van der Waals surface area contributed by atoms with Crippen LogP contribution in [0, 0.1) is 0 Å². The summed E-state index contributed by atoms with van der Waals surface area (Å²) in [6.45, 7) is 8.41. The zero-order valence-corrected chi connectivity index (χ0v) is 15.4. The highest BCUT2D eigenvalue weighted by molar-refractivity contribution is 5.94. The Kier molecular flexibility index (Phi) is 4.80. The van der Waals surface area contributed by atoms with Crippen molar-refractivity contribution in [3.8, 4) is 0 Å². The number of amides is 1. The van der Waals surface area contributed by atoms with Gasteiger partial charge < -0.3 is 24.6 Å². The van der Waals surface area contributed by atoms with E-state index in [9.17, 15) is 9.59 Å². The Morgan fingerprint density at radius 2 is 1.88 bits per heavy atom. The van der Waals surface area contributed by atoms with Crippen molar-refractivity contribution in [3.63, 3.8) is 0 Å². The van der Waals surface area contributed by atoms with Gasteiger partial charge in [0, 0.05) is 42.8 Å². The van der Waals surface area contributed by atoms with Gasteiger partial charge in [-0.25, -0.2) is 9.59 Å². The number of aromatic nitrogens is 1. The molecular weight excluding hydrogens is 334 g/mol. The van der Waals surface area contributed by atoms with Gasteiger partial charge in [0.25, 0.3) is 0 Å². The summed E-state index contributed by atoms with van der Waals surface area (Å²) < 4.78 is 5.47. The molecule has 140 valence electrons. The Morgan fingerprint density at radius 1 is 1.12 bits per heavy atom. The van der Waals surface area contributed by atoms with Crippen LogP contribution in [-0.2, 0) is 4.74 Å². The first-order valence-electron chi connectivity index (χ1n) is 8.82. The van der Waals surface area contributed by atoms with Crippen LogP contribution in [0.1, 0.15) is 37.7 Å². The molecule has 3 rings (SSSR count). The highest BCUT2D eigenvalue weighted by Gasteiger charge is 2.24. The molecule has 0 bridgehead atoms. The van der Waals surface area contributed by atoms with Crippen LogP contribution in [-0.4, -0.2) is 58.8 Å². The molecule has 1 aliphatic rings. The Bertz CT molecular complexity index is 822. The SMILES string of the molecule is CC(C)(C)OC(=O)N1CCCN(c2ccc3[nH]c(C(=O)O)cc3c2)CC1. The molecule has 1 aliphatic heterocycles. The number of carboxylic acids is 1. The fourth-order valence-electron chi connectivity index (χ4n) is 3.12. The van der Waals surface area contributed by atoms with Crippen molar-refractivity contribution in [3.05, 3.63) is 30.0 Å². The van der Waals surface area contributed by atoms with Gasteiger partial charge in [-0.15, -0.1) is 0 Å². The Morgan fingerprint density at radius 3 is 2.58 bits per heavy atom. The van der Waals surface area contributed by atoms with E-state index >= 15 is 0 Å².